The Kier molecular flexibility index (Phi) is 6.85. The van der Waals surface area contributed by atoms with E-state index >= 15 is 0 Å². The Morgan fingerprint density at radius 3 is 2.61 bits per heavy atom. The van der Waals surface area contributed by atoms with E-state index in [0.717, 1.165) is 31.2 Å². The number of carboxylic acids is 1. The fraction of sp³-hybridized carbons (Fsp3) is 0.438. The van der Waals surface area contributed by atoms with Gasteiger partial charge in [-0.15, -0.1) is 0 Å². The van der Waals surface area contributed by atoms with E-state index in [9.17, 15) is 4.79 Å². The van der Waals surface area contributed by atoms with Crippen molar-refractivity contribution in [3.63, 3.8) is 0 Å². The van der Waals surface area contributed by atoms with Crippen LogP contribution in [0.15, 0.2) is 36.4 Å². The van der Waals surface area contributed by atoms with Crippen LogP contribution in [0.5, 0.6) is 0 Å². The van der Waals surface area contributed by atoms with E-state index in [1.807, 2.05) is 42.5 Å². The second kappa shape index (κ2) is 8.51. The smallest absolute Gasteiger partial charge is 0.306 e. The molecule has 2 heteroatoms. The van der Waals surface area contributed by atoms with E-state index in [-0.39, 0.29) is 5.92 Å². The highest BCUT2D eigenvalue weighted by atomic mass is 16.4. The van der Waals surface area contributed by atoms with Crippen LogP contribution in [0.1, 0.15) is 44.6 Å². The summed E-state index contributed by atoms with van der Waals surface area (Å²) in [6.45, 7) is 2.13. The molecule has 0 saturated heterocycles. The molecular weight excluding hydrogens is 224 g/mol. The van der Waals surface area contributed by atoms with Crippen LogP contribution in [-0.4, -0.2) is 11.1 Å². The first-order valence-electron chi connectivity index (χ1n) is 6.68. The number of aliphatic carboxylic acids is 1. The fourth-order valence-corrected chi connectivity index (χ4v) is 1.92. The maximum atomic E-state index is 11.1. The van der Waals surface area contributed by atoms with Gasteiger partial charge in [0.2, 0.25) is 0 Å². The van der Waals surface area contributed by atoms with E-state index in [1.54, 1.807) is 0 Å². The molecule has 0 heterocycles. The molecule has 18 heavy (non-hydrogen) atoms. The van der Waals surface area contributed by atoms with Crippen molar-refractivity contribution < 1.29 is 9.90 Å². The summed E-state index contributed by atoms with van der Waals surface area (Å²) < 4.78 is 0. The first-order chi connectivity index (χ1) is 8.74. The molecule has 1 N–H and O–H groups in total. The molecule has 0 fully saturated rings. The largest absolute Gasteiger partial charge is 0.481 e. The minimum Gasteiger partial charge on any atom is -0.481 e. The average Bonchev–Trinajstić information content (AvgIpc) is 2.38. The van der Waals surface area contributed by atoms with E-state index in [0.29, 0.717) is 6.42 Å². The van der Waals surface area contributed by atoms with Crippen LogP contribution in [0.25, 0.3) is 6.08 Å². The van der Waals surface area contributed by atoms with E-state index in [4.69, 9.17) is 5.11 Å². The van der Waals surface area contributed by atoms with Crippen LogP contribution in [0, 0.1) is 5.92 Å². The summed E-state index contributed by atoms with van der Waals surface area (Å²) in [6.07, 6.45) is 8.62. The molecule has 98 valence electrons. The highest BCUT2D eigenvalue weighted by molar-refractivity contribution is 5.70. The molecule has 0 amide bonds. The van der Waals surface area contributed by atoms with Crippen LogP contribution in [-0.2, 0) is 4.79 Å². The zero-order chi connectivity index (χ0) is 13.2. The van der Waals surface area contributed by atoms with Crippen molar-refractivity contribution in [2.45, 2.75) is 39.0 Å². The molecule has 0 spiro atoms. The maximum Gasteiger partial charge on any atom is 0.306 e. The molecule has 1 atom stereocenters. The topological polar surface area (TPSA) is 37.3 Å². The standard InChI is InChI=1S/C16H22O2/c1-2-3-5-12-15(16(17)18)13-8-11-14-9-6-4-7-10-14/h4,6-11,15H,2-3,5,12-13H2,1H3,(H,17,18)/b11-8+. The first kappa shape index (κ1) is 14.5. The van der Waals surface area contributed by atoms with E-state index < -0.39 is 5.97 Å². The molecule has 0 aliphatic rings. The van der Waals surface area contributed by atoms with Crippen molar-refractivity contribution in [2.24, 2.45) is 5.92 Å². The maximum absolute atomic E-state index is 11.1. The van der Waals surface area contributed by atoms with Crippen LogP contribution in [0.4, 0.5) is 0 Å². The van der Waals surface area contributed by atoms with Gasteiger partial charge in [-0.3, -0.25) is 4.79 Å². The fourth-order valence-electron chi connectivity index (χ4n) is 1.92. The van der Waals surface area contributed by atoms with Gasteiger partial charge in [0.15, 0.2) is 0 Å². The highest BCUT2D eigenvalue weighted by Gasteiger charge is 2.14. The van der Waals surface area contributed by atoms with Gasteiger partial charge in [0.25, 0.3) is 0 Å². The zero-order valence-electron chi connectivity index (χ0n) is 11.0. The number of carboxylic acid groups (broad SMARTS) is 1. The highest BCUT2D eigenvalue weighted by Crippen LogP contribution is 2.15. The van der Waals surface area contributed by atoms with Gasteiger partial charge in [0.1, 0.15) is 0 Å². The van der Waals surface area contributed by atoms with Gasteiger partial charge in [0, 0.05) is 0 Å². The Labute approximate surface area is 109 Å². The molecule has 2 nitrogen and oxygen atoms in total. The van der Waals surface area contributed by atoms with Gasteiger partial charge in [-0.2, -0.15) is 0 Å². The van der Waals surface area contributed by atoms with E-state index in [1.165, 1.54) is 0 Å². The number of unbranched alkanes of at least 4 members (excludes halogenated alkanes) is 2. The van der Waals surface area contributed by atoms with E-state index in [2.05, 4.69) is 6.92 Å². The summed E-state index contributed by atoms with van der Waals surface area (Å²) in [7, 11) is 0. The second-order valence-electron chi connectivity index (χ2n) is 4.58. The van der Waals surface area contributed by atoms with Crippen molar-refractivity contribution >= 4 is 12.0 Å². The Morgan fingerprint density at radius 1 is 1.28 bits per heavy atom. The molecule has 0 aliphatic heterocycles. The summed E-state index contributed by atoms with van der Waals surface area (Å²) >= 11 is 0. The summed E-state index contributed by atoms with van der Waals surface area (Å²) in [5, 5.41) is 9.14. The Hall–Kier alpha value is -1.57. The molecule has 0 radical (unpaired) electrons. The number of hydrogen-bond donors (Lipinski definition) is 1. The number of hydrogen-bond acceptors (Lipinski definition) is 1. The number of rotatable bonds is 8. The first-order valence-corrected chi connectivity index (χ1v) is 6.68. The molecule has 0 bridgehead atoms. The van der Waals surface area contributed by atoms with Crippen molar-refractivity contribution in [3.8, 4) is 0 Å². The van der Waals surface area contributed by atoms with Crippen LogP contribution < -0.4 is 0 Å². The number of benzene rings is 1. The van der Waals surface area contributed by atoms with Crippen molar-refractivity contribution in [2.75, 3.05) is 0 Å². The minimum atomic E-state index is -0.677. The Balaban J connectivity index is 2.42. The molecular formula is C16H22O2. The molecule has 0 aliphatic carbocycles. The predicted molar refractivity (Wildman–Crippen MR) is 75.4 cm³/mol. The third-order valence-electron chi connectivity index (χ3n) is 3.04. The third kappa shape index (κ3) is 5.67. The summed E-state index contributed by atoms with van der Waals surface area (Å²) in [6, 6.07) is 9.97. The lowest BCUT2D eigenvalue weighted by Crippen LogP contribution is -2.12. The predicted octanol–water partition coefficient (Wildman–Crippen LogP) is 4.37. The Morgan fingerprint density at radius 2 is 2.00 bits per heavy atom. The van der Waals surface area contributed by atoms with Crippen LogP contribution in [0.2, 0.25) is 0 Å². The minimum absolute atomic E-state index is 0.239. The molecule has 0 saturated carbocycles. The van der Waals surface area contributed by atoms with Crippen LogP contribution in [0.3, 0.4) is 0 Å². The monoisotopic (exact) mass is 246 g/mol. The van der Waals surface area contributed by atoms with Gasteiger partial charge in [-0.25, -0.2) is 0 Å². The molecule has 0 aromatic heterocycles. The Bertz CT molecular complexity index is 368. The molecule has 1 rings (SSSR count). The molecule has 1 unspecified atom stereocenters. The number of allylic oxidation sites excluding steroid dienone is 1. The van der Waals surface area contributed by atoms with Gasteiger partial charge in [0.05, 0.1) is 5.92 Å². The lowest BCUT2D eigenvalue weighted by Gasteiger charge is -2.08. The summed E-state index contributed by atoms with van der Waals surface area (Å²) in [4.78, 5) is 11.1. The zero-order valence-corrected chi connectivity index (χ0v) is 11.0. The summed E-state index contributed by atoms with van der Waals surface area (Å²) in [5.41, 5.74) is 1.12. The van der Waals surface area contributed by atoms with Gasteiger partial charge < -0.3 is 5.11 Å². The number of carbonyl (C=O) groups is 1. The molecule has 1 aromatic rings. The van der Waals surface area contributed by atoms with Crippen molar-refractivity contribution in [1.82, 2.24) is 0 Å². The third-order valence-corrected chi connectivity index (χ3v) is 3.04. The normalized spacial score (nSPS) is 12.7. The van der Waals surface area contributed by atoms with Crippen LogP contribution >= 0.6 is 0 Å². The van der Waals surface area contributed by atoms with Gasteiger partial charge in [-0.1, -0.05) is 68.7 Å². The molecule has 1 aromatic carbocycles. The second-order valence-corrected chi connectivity index (χ2v) is 4.58. The quantitative estimate of drug-likeness (QED) is 0.691. The van der Waals surface area contributed by atoms with Gasteiger partial charge in [-0.05, 0) is 18.4 Å². The summed E-state index contributed by atoms with van der Waals surface area (Å²) in [5.74, 6) is -0.916. The SMILES string of the molecule is CCCCCC(C/C=C/c1ccccc1)C(=O)O. The van der Waals surface area contributed by atoms with Crippen molar-refractivity contribution in [3.05, 3.63) is 42.0 Å². The lowest BCUT2D eigenvalue weighted by atomic mass is 9.97. The van der Waals surface area contributed by atoms with Gasteiger partial charge >= 0.3 is 5.97 Å². The average molecular weight is 246 g/mol. The van der Waals surface area contributed by atoms with Crippen molar-refractivity contribution in [1.29, 1.82) is 0 Å². The lowest BCUT2D eigenvalue weighted by molar-refractivity contribution is -0.141.